The first-order chi connectivity index (χ1) is 11.7. The lowest BCUT2D eigenvalue weighted by molar-refractivity contribution is -0.137. The van der Waals surface area contributed by atoms with Crippen LogP contribution in [0, 0.1) is 11.8 Å². The topological polar surface area (TPSA) is 64.1 Å². The monoisotopic (exact) mass is 337 g/mol. The second-order valence-corrected chi connectivity index (χ2v) is 7.64. The SMILES string of the molecule is O=C1CCCN1CC(=O)N1C[C@@H](CN2CCCCCC2)[C@@H](CO)C1. The minimum atomic E-state index is 0.0436. The molecule has 6 nitrogen and oxygen atoms in total. The van der Waals surface area contributed by atoms with Crippen LogP contribution in [-0.2, 0) is 9.59 Å². The number of aliphatic hydroxyl groups excluding tert-OH is 1. The fourth-order valence-corrected chi connectivity index (χ4v) is 4.34. The number of likely N-dealkylation sites (tertiary alicyclic amines) is 3. The molecule has 24 heavy (non-hydrogen) atoms. The van der Waals surface area contributed by atoms with Gasteiger partial charge in [0.15, 0.2) is 0 Å². The molecule has 0 aromatic rings. The molecule has 0 aromatic carbocycles. The Kier molecular flexibility index (Phi) is 6.11. The molecule has 0 saturated carbocycles. The third-order valence-electron chi connectivity index (χ3n) is 5.85. The van der Waals surface area contributed by atoms with Crippen LogP contribution < -0.4 is 0 Å². The molecule has 0 unspecified atom stereocenters. The van der Waals surface area contributed by atoms with Crippen LogP contribution in [0.4, 0.5) is 0 Å². The van der Waals surface area contributed by atoms with Crippen LogP contribution in [0.3, 0.4) is 0 Å². The van der Waals surface area contributed by atoms with Crippen LogP contribution >= 0.6 is 0 Å². The Balaban J connectivity index is 1.53. The fraction of sp³-hybridized carbons (Fsp3) is 0.889. The highest BCUT2D eigenvalue weighted by Crippen LogP contribution is 2.25. The smallest absolute Gasteiger partial charge is 0.242 e. The zero-order chi connectivity index (χ0) is 16.9. The summed E-state index contributed by atoms with van der Waals surface area (Å²) in [6.07, 6.45) is 6.59. The lowest BCUT2D eigenvalue weighted by atomic mass is 9.96. The Morgan fingerprint density at radius 3 is 2.33 bits per heavy atom. The predicted octanol–water partition coefficient (Wildman–Crippen LogP) is 0.552. The predicted molar refractivity (Wildman–Crippen MR) is 91.4 cm³/mol. The number of hydrogen-bond acceptors (Lipinski definition) is 4. The molecule has 2 amide bonds. The molecular formula is C18H31N3O3. The summed E-state index contributed by atoms with van der Waals surface area (Å²) in [6, 6.07) is 0. The normalized spacial score (nSPS) is 29.3. The Morgan fingerprint density at radius 1 is 1.00 bits per heavy atom. The van der Waals surface area contributed by atoms with E-state index in [0.717, 1.165) is 32.6 Å². The van der Waals surface area contributed by atoms with Gasteiger partial charge in [-0.2, -0.15) is 0 Å². The van der Waals surface area contributed by atoms with Crippen molar-refractivity contribution in [3.05, 3.63) is 0 Å². The van der Waals surface area contributed by atoms with Crippen molar-refractivity contribution in [1.29, 1.82) is 0 Å². The maximum atomic E-state index is 12.5. The van der Waals surface area contributed by atoms with Crippen molar-refractivity contribution in [2.24, 2.45) is 11.8 Å². The van der Waals surface area contributed by atoms with Crippen molar-refractivity contribution in [3.63, 3.8) is 0 Å². The van der Waals surface area contributed by atoms with Gasteiger partial charge in [0.05, 0.1) is 6.54 Å². The van der Waals surface area contributed by atoms with Crippen LogP contribution in [0.5, 0.6) is 0 Å². The number of amides is 2. The summed E-state index contributed by atoms with van der Waals surface area (Å²) in [5.74, 6) is 0.669. The summed E-state index contributed by atoms with van der Waals surface area (Å²) < 4.78 is 0. The Morgan fingerprint density at radius 2 is 1.71 bits per heavy atom. The molecule has 3 fully saturated rings. The number of hydrogen-bond donors (Lipinski definition) is 1. The number of carbonyl (C=O) groups is 2. The molecule has 0 spiro atoms. The number of rotatable bonds is 5. The van der Waals surface area contributed by atoms with Gasteiger partial charge in [0.25, 0.3) is 0 Å². The van der Waals surface area contributed by atoms with E-state index in [-0.39, 0.29) is 30.9 Å². The molecule has 0 radical (unpaired) electrons. The highest BCUT2D eigenvalue weighted by atomic mass is 16.3. The third-order valence-corrected chi connectivity index (χ3v) is 5.85. The van der Waals surface area contributed by atoms with Gasteiger partial charge in [0.1, 0.15) is 0 Å². The lowest BCUT2D eigenvalue weighted by Crippen LogP contribution is -2.40. The van der Waals surface area contributed by atoms with Gasteiger partial charge >= 0.3 is 0 Å². The van der Waals surface area contributed by atoms with Gasteiger partial charge in [0.2, 0.25) is 11.8 Å². The van der Waals surface area contributed by atoms with E-state index < -0.39 is 0 Å². The molecule has 3 rings (SSSR count). The number of aliphatic hydroxyl groups is 1. The maximum absolute atomic E-state index is 12.5. The van der Waals surface area contributed by atoms with E-state index in [4.69, 9.17) is 0 Å². The van der Waals surface area contributed by atoms with Crippen molar-refractivity contribution in [2.75, 3.05) is 52.4 Å². The molecule has 3 saturated heterocycles. The average molecular weight is 337 g/mol. The van der Waals surface area contributed by atoms with E-state index in [9.17, 15) is 14.7 Å². The van der Waals surface area contributed by atoms with Gasteiger partial charge in [0, 0.05) is 45.1 Å². The van der Waals surface area contributed by atoms with Crippen LogP contribution in [0.25, 0.3) is 0 Å². The van der Waals surface area contributed by atoms with E-state index in [1.165, 1.54) is 25.7 Å². The summed E-state index contributed by atoms with van der Waals surface area (Å²) >= 11 is 0. The molecule has 3 aliphatic heterocycles. The van der Waals surface area contributed by atoms with E-state index in [1.807, 2.05) is 4.90 Å². The van der Waals surface area contributed by atoms with Gasteiger partial charge in [-0.25, -0.2) is 0 Å². The summed E-state index contributed by atoms with van der Waals surface area (Å²) in [5.41, 5.74) is 0. The highest BCUT2D eigenvalue weighted by Gasteiger charge is 2.36. The zero-order valence-electron chi connectivity index (χ0n) is 14.7. The summed E-state index contributed by atoms with van der Waals surface area (Å²) in [4.78, 5) is 30.3. The lowest BCUT2D eigenvalue weighted by Gasteiger charge is -2.26. The van der Waals surface area contributed by atoms with Crippen LogP contribution in [0.2, 0.25) is 0 Å². The Hall–Kier alpha value is -1.14. The van der Waals surface area contributed by atoms with Gasteiger partial charge in [-0.05, 0) is 38.3 Å². The van der Waals surface area contributed by atoms with Gasteiger partial charge < -0.3 is 19.8 Å². The second-order valence-electron chi connectivity index (χ2n) is 7.64. The first-order valence-corrected chi connectivity index (χ1v) is 9.56. The minimum absolute atomic E-state index is 0.0436. The Bertz CT molecular complexity index is 449. The molecule has 2 atom stereocenters. The third kappa shape index (κ3) is 4.28. The molecule has 3 aliphatic rings. The quantitative estimate of drug-likeness (QED) is 0.796. The van der Waals surface area contributed by atoms with Crippen LogP contribution in [0.15, 0.2) is 0 Å². The molecule has 1 N–H and O–H groups in total. The van der Waals surface area contributed by atoms with Gasteiger partial charge in [-0.15, -0.1) is 0 Å². The van der Waals surface area contributed by atoms with Gasteiger partial charge in [-0.3, -0.25) is 9.59 Å². The molecule has 6 heteroatoms. The molecular weight excluding hydrogens is 306 g/mol. The number of carbonyl (C=O) groups excluding carboxylic acids is 2. The highest BCUT2D eigenvalue weighted by molar-refractivity contribution is 5.86. The fourth-order valence-electron chi connectivity index (χ4n) is 4.34. The van der Waals surface area contributed by atoms with Crippen molar-refractivity contribution in [3.8, 4) is 0 Å². The molecule has 0 bridgehead atoms. The first kappa shape index (κ1) is 17.7. The van der Waals surface area contributed by atoms with E-state index >= 15 is 0 Å². The Labute approximate surface area is 144 Å². The molecule has 0 aromatic heterocycles. The minimum Gasteiger partial charge on any atom is -0.396 e. The molecule has 0 aliphatic carbocycles. The summed E-state index contributed by atoms with van der Waals surface area (Å²) in [7, 11) is 0. The van der Waals surface area contributed by atoms with E-state index in [1.54, 1.807) is 4.90 Å². The number of nitrogens with zero attached hydrogens (tertiary/aromatic N) is 3. The average Bonchev–Trinajstić information content (AvgIpc) is 3.06. The first-order valence-electron chi connectivity index (χ1n) is 9.56. The summed E-state index contributed by atoms with van der Waals surface area (Å²) in [6.45, 7) is 5.70. The standard InChI is InChI=1S/C18H31N3O3/c22-14-16-12-21(18(24)13-20-9-5-6-17(20)23)11-15(16)10-19-7-3-1-2-4-8-19/h15-16,22H,1-14H2/t15-,16-/m1/s1. The van der Waals surface area contributed by atoms with Crippen molar-refractivity contribution >= 4 is 11.8 Å². The largest absolute Gasteiger partial charge is 0.396 e. The molecule has 136 valence electrons. The second kappa shape index (κ2) is 8.30. The van der Waals surface area contributed by atoms with E-state index in [0.29, 0.717) is 25.4 Å². The molecule has 3 heterocycles. The van der Waals surface area contributed by atoms with Crippen LogP contribution in [0.1, 0.15) is 38.5 Å². The van der Waals surface area contributed by atoms with Crippen molar-refractivity contribution < 1.29 is 14.7 Å². The van der Waals surface area contributed by atoms with E-state index in [2.05, 4.69) is 4.90 Å². The zero-order valence-corrected chi connectivity index (χ0v) is 14.7. The van der Waals surface area contributed by atoms with Crippen LogP contribution in [-0.4, -0.2) is 84.0 Å². The maximum Gasteiger partial charge on any atom is 0.242 e. The van der Waals surface area contributed by atoms with Crippen molar-refractivity contribution in [2.45, 2.75) is 38.5 Å². The summed E-state index contributed by atoms with van der Waals surface area (Å²) in [5, 5.41) is 9.73. The van der Waals surface area contributed by atoms with Gasteiger partial charge in [-0.1, -0.05) is 12.8 Å². The van der Waals surface area contributed by atoms with Crippen molar-refractivity contribution in [1.82, 2.24) is 14.7 Å².